The van der Waals surface area contributed by atoms with Crippen LogP contribution in [0.2, 0.25) is 0 Å². The lowest BCUT2D eigenvalue weighted by atomic mass is 10.1. The molecular weight excluding hydrogens is 415 g/mol. The van der Waals surface area contributed by atoms with Crippen molar-refractivity contribution < 1.29 is 18.7 Å². The van der Waals surface area contributed by atoms with Crippen molar-refractivity contribution in [3.8, 4) is 11.8 Å². The fraction of sp³-hybridized carbons (Fsp3) is 0.455. The summed E-state index contributed by atoms with van der Waals surface area (Å²) in [7, 11) is 0. The second-order valence-corrected chi connectivity index (χ2v) is 8.28. The Morgan fingerprint density at radius 1 is 1.34 bits per heavy atom. The van der Waals surface area contributed by atoms with E-state index in [2.05, 4.69) is 26.7 Å². The molecule has 2 unspecified atom stereocenters. The van der Waals surface area contributed by atoms with Gasteiger partial charge in [-0.25, -0.2) is 14.4 Å². The van der Waals surface area contributed by atoms with E-state index in [9.17, 15) is 14.4 Å². The third kappa shape index (κ3) is 4.09. The molecule has 1 saturated heterocycles. The van der Waals surface area contributed by atoms with Gasteiger partial charge in [0.25, 0.3) is 5.91 Å². The Hall–Kier alpha value is -3.29. The third-order valence-corrected chi connectivity index (χ3v) is 6.09. The molecule has 0 radical (unpaired) electrons. The summed E-state index contributed by atoms with van der Waals surface area (Å²) in [6.45, 7) is 2.68. The van der Waals surface area contributed by atoms with E-state index < -0.39 is 0 Å². The van der Waals surface area contributed by atoms with Crippen LogP contribution in [0.5, 0.6) is 5.75 Å². The fourth-order valence-corrected chi connectivity index (χ4v) is 4.47. The average Bonchev–Trinajstić information content (AvgIpc) is 3.44. The lowest BCUT2D eigenvalue weighted by Crippen LogP contribution is -2.29. The van der Waals surface area contributed by atoms with Gasteiger partial charge >= 0.3 is 0 Å². The van der Waals surface area contributed by atoms with Crippen LogP contribution >= 0.6 is 0 Å². The molecule has 2 aromatic heterocycles. The van der Waals surface area contributed by atoms with Crippen molar-refractivity contribution in [3.05, 3.63) is 41.0 Å². The molecular formula is C22H23FN6O3. The Kier molecular flexibility index (Phi) is 5.59. The van der Waals surface area contributed by atoms with E-state index in [0.717, 1.165) is 37.1 Å². The SMILES string of the molecule is N#Cc1ncc(F)c2c1CC(CNCCC1CN(c3ccc4c(n3)NC(=O)CO4)CO1)C2. The second-order valence-electron chi connectivity index (χ2n) is 8.28. The van der Waals surface area contributed by atoms with Crippen LogP contribution in [0.4, 0.5) is 16.0 Å². The molecule has 1 amide bonds. The quantitative estimate of drug-likeness (QED) is 0.651. The van der Waals surface area contributed by atoms with Gasteiger partial charge < -0.3 is 25.0 Å². The number of rotatable bonds is 6. The Morgan fingerprint density at radius 2 is 2.22 bits per heavy atom. The molecule has 9 nitrogen and oxygen atoms in total. The van der Waals surface area contributed by atoms with Gasteiger partial charge in [-0.2, -0.15) is 5.26 Å². The summed E-state index contributed by atoms with van der Waals surface area (Å²) in [5.41, 5.74) is 1.73. The van der Waals surface area contributed by atoms with Gasteiger partial charge in [0.05, 0.1) is 12.3 Å². The molecule has 10 heteroatoms. The number of pyridine rings is 2. The van der Waals surface area contributed by atoms with Gasteiger partial charge in [0, 0.05) is 6.54 Å². The van der Waals surface area contributed by atoms with E-state index in [0.29, 0.717) is 48.9 Å². The van der Waals surface area contributed by atoms with Crippen LogP contribution in [0.25, 0.3) is 0 Å². The minimum atomic E-state index is -0.317. The zero-order chi connectivity index (χ0) is 22.1. The van der Waals surface area contributed by atoms with Gasteiger partial charge in [0.15, 0.2) is 18.2 Å². The third-order valence-electron chi connectivity index (χ3n) is 6.09. The van der Waals surface area contributed by atoms with Crippen molar-refractivity contribution in [3.63, 3.8) is 0 Å². The number of ether oxygens (including phenoxy) is 2. The first-order valence-corrected chi connectivity index (χ1v) is 10.7. The maximum atomic E-state index is 14.0. The van der Waals surface area contributed by atoms with E-state index in [1.54, 1.807) is 0 Å². The molecule has 0 spiro atoms. The molecule has 1 aliphatic carbocycles. The summed E-state index contributed by atoms with van der Waals surface area (Å²) in [6.07, 6.45) is 3.35. The van der Waals surface area contributed by atoms with Crippen molar-refractivity contribution in [1.82, 2.24) is 15.3 Å². The molecule has 0 saturated carbocycles. The largest absolute Gasteiger partial charge is 0.480 e. The standard InChI is InChI=1S/C22H23FN6O3/c23-17-9-26-18(7-24)16-6-13(5-15(16)17)8-25-4-3-14-10-29(12-32-14)20-2-1-19-22(27-20)28-21(30)11-31-19/h1-2,9,13-14,25H,3-6,8,10-12H2,(H,27,28,30). The number of hydrogen-bond acceptors (Lipinski definition) is 8. The van der Waals surface area contributed by atoms with Gasteiger partial charge in [0.1, 0.15) is 30.1 Å². The van der Waals surface area contributed by atoms with Crippen LogP contribution in [0.1, 0.15) is 23.2 Å². The molecule has 5 rings (SSSR count). The predicted octanol–water partition coefficient (Wildman–Crippen LogP) is 1.38. The van der Waals surface area contributed by atoms with E-state index >= 15 is 0 Å². The molecule has 166 valence electrons. The van der Waals surface area contributed by atoms with Gasteiger partial charge in [-0.05, 0) is 61.5 Å². The highest BCUT2D eigenvalue weighted by Gasteiger charge is 2.28. The maximum Gasteiger partial charge on any atom is 0.263 e. The van der Waals surface area contributed by atoms with Crippen LogP contribution < -0.4 is 20.3 Å². The number of nitrogens with one attached hydrogen (secondary N) is 2. The summed E-state index contributed by atoms with van der Waals surface area (Å²) in [4.78, 5) is 21.9. The predicted molar refractivity (Wildman–Crippen MR) is 113 cm³/mol. The summed E-state index contributed by atoms with van der Waals surface area (Å²) < 4.78 is 25.3. The van der Waals surface area contributed by atoms with Gasteiger partial charge in [0.2, 0.25) is 0 Å². The van der Waals surface area contributed by atoms with E-state index in [-0.39, 0.29) is 30.4 Å². The number of nitrogens with zero attached hydrogens (tertiary/aromatic N) is 4. The van der Waals surface area contributed by atoms with Crippen molar-refractivity contribution in [2.24, 2.45) is 5.92 Å². The van der Waals surface area contributed by atoms with Crippen molar-refractivity contribution in [1.29, 1.82) is 5.26 Å². The van der Waals surface area contributed by atoms with Crippen molar-refractivity contribution in [2.45, 2.75) is 25.4 Å². The van der Waals surface area contributed by atoms with Crippen LogP contribution in [0, 0.1) is 23.1 Å². The number of aromatic nitrogens is 2. The molecule has 1 fully saturated rings. The number of carbonyl (C=O) groups excluding carboxylic acids is 1. The Morgan fingerprint density at radius 3 is 3.09 bits per heavy atom. The monoisotopic (exact) mass is 438 g/mol. The zero-order valence-corrected chi connectivity index (χ0v) is 17.4. The second kappa shape index (κ2) is 8.68. The van der Waals surface area contributed by atoms with Crippen molar-refractivity contribution in [2.75, 3.05) is 43.2 Å². The maximum absolute atomic E-state index is 14.0. The smallest absolute Gasteiger partial charge is 0.263 e. The molecule has 2 aliphatic heterocycles. The first-order chi connectivity index (χ1) is 15.6. The fourth-order valence-electron chi connectivity index (χ4n) is 4.47. The summed E-state index contributed by atoms with van der Waals surface area (Å²) in [6, 6.07) is 5.73. The Labute approximate surface area is 184 Å². The molecule has 0 aromatic carbocycles. The summed E-state index contributed by atoms with van der Waals surface area (Å²) >= 11 is 0. The minimum Gasteiger partial charge on any atom is -0.480 e. The minimum absolute atomic E-state index is 0.00812. The highest BCUT2D eigenvalue weighted by atomic mass is 19.1. The summed E-state index contributed by atoms with van der Waals surface area (Å²) in [5.74, 6) is 1.47. The molecule has 32 heavy (non-hydrogen) atoms. The Balaban J connectivity index is 1.08. The van der Waals surface area contributed by atoms with Crippen molar-refractivity contribution >= 4 is 17.5 Å². The van der Waals surface area contributed by atoms with E-state index in [1.807, 2.05) is 17.0 Å². The van der Waals surface area contributed by atoms with Crippen LogP contribution in [-0.2, 0) is 22.4 Å². The summed E-state index contributed by atoms with van der Waals surface area (Å²) in [5, 5.41) is 15.4. The Bertz CT molecular complexity index is 1090. The van der Waals surface area contributed by atoms with E-state index in [1.165, 1.54) is 0 Å². The van der Waals surface area contributed by atoms with Crippen LogP contribution in [0.3, 0.4) is 0 Å². The van der Waals surface area contributed by atoms with Gasteiger partial charge in [-0.3, -0.25) is 4.79 Å². The normalized spacial score (nSPS) is 21.5. The number of amides is 1. The number of fused-ring (bicyclic) bond motifs is 2. The molecule has 2 aromatic rings. The molecule has 2 N–H and O–H groups in total. The molecule has 0 bridgehead atoms. The number of halogens is 1. The van der Waals surface area contributed by atoms with Crippen LogP contribution in [0.15, 0.2) is 18.3 Å². The number of hydrogen-bond donors (Lipinski definition) is 2. The first-order valence-electron chi connectivity index (χ1n) is 10.7. The highest BCUT2D eigenvalue weighted by molar-refractivity contribution is 5.94. The lowest BCUT2D eigenvalue weighted by molar-refractivity contribution is -0.118. The first kappa shape index (κ1) is 20.6. The van der Waals surface area contributed by atoms with Gasteiger partial charge in [-0.15, -0.1) is 0 Å². The molecule has 4 heterocycles. The lowest BCUT2D eigenvalue weighted by Gasteiger charge is -2.20. The highest BCUT2D eigenvalue weighted by Crippen LogP contribution is 2.31. The molecule has 2 atom stereocenters. The topological polar surface area (TPSA) is 112 Å². The van der Waals surface area contributed by atoms with Crippen LogP contribution in [-0.4, -0.2) is 55.0 Å². The number of nitriles is 1. The molecule has 3 aliphatic rings. The zero-order valence-electron chi connectivity index (χ0n) is 17.4. The average molecular weight is 438 g/mol. The number of anilines is 2. The van der Waals surface area contributed by atoms with Gasteiger partial charge in [-0.1, -0.05) is 0 Å². The van der Waals surface area contributed by atoms with E-state index in [4.69, 9.17) is 9.47 Å². The number of carbonyl (C=O) groups is 1.